The van der Waals surface area contributed by atoms with Crippen LogP contribution in [0.3, 0.4) is 0 Å². The average Bonchev–Trinajstić information content (AvgIpc) is 2.21. The minimum atomic E-state index is -0.495. The molecule has 1 atom stereocenters. The van der Waals surface area contributed by atoms with Crippen LogP contribution in [-0.2, 0) is 6.42 Å². The van der Waals surface area contributed by atoms with Gasteiger partial charge in [-0.15, -0.1) is 0 Å². The van der Waals surface area contributed by atoms with Gasteiger partial charge in [0, 0.05) is 11.6 Å². The van der Waals surface area contributed by atoms with Crippen LogP contribution in [0.2, 0.25) is 0 Å². The lowest BCUT2D eigenvalue weighted by atomic mass is 9.99. The molecule has 1 N–H and O–H groups in total. The first kappa shape index (κ1) is 15.1. The van der Waals surface area contributed by atoms with Crippen LogP contribution in [0.15, 0.2) is 18.2 Å². The molecule has 0 spiro atoms. The molecule has 1 nitrogen and oxygen atoms in total. The van der Waals surface area contributed by atoms with Gasteiger partial charge in [0.05, 0.1) is 0 Å². The Hall–Kier alpha value is -0.960. The molecule has 0 saturated carbocycles. The first-order valence-electron chi connectivity index (χ1n) is 6.46. The molecule has 0 fully saturated rings. The van der Waals surface area contributed by atoms with E-state index in [0.29, 0.717) is 12.3 Å². The molecule has 1 rings (SSSR count). The van der Waals surface area contributed by atoms with Crippen LogP contribution in [0, 0.1) is 17.6 Å². The maximum atomic E-state index is 13.0. The molecule has 0 radical (unpaired) electrons. The Kier molecular flexibility index (Phi) is 5.27. The summed E-state index contributed by atoms with van der Waals surface area (Å²) < 4.78 is 26.0. The van der Waals surface area contributed by atoms with Gasteiger partial charge in [0.25, 0.3) is 0 Å². The molecular formula is C15H23F2N. The van der Waals surface area contributed by atoms with Crippen LogP contribution in [-0.4, -0.2) is 12.1 Å². The normalized spacial score (nSPS) is 13.7. The molecule has 0 heterocycles. The van der Waals surface area contributed by atoms with Crippen LogP contribution in [0.1, 0.15) is 39.7 Å². The van der Waals surface area contributed by atoms with E-state index in [9.17, 15) is 8.78 Å². The number of nitrogens with one attached hydrogen (secondary N) is 1. The van der Waals surface area contributed by atoms with Crippen LogP contribution in [0.5, 0.6) is 0 Å². The number of rotatable bonds is 5. The number of hydrogen-bond acceptors (Lipinski definition) is 1. The Bertz CT molecular complexity index is 362. The van der Waals surface area contributed by atoms with Crippen molar-refractivity contribution in [2.45, 2.75) is 46.1 Å². The molecular weight excluding hydrogens is 232 g/mol. The second-order valence-electron chi connectivity index (χ2n) is 6.05. The fourth-order valence-electron chi connectivity index (χ4n) is 1.75. The maximum absolute atomic E-state index is 13.0. The van der Waals surface area contributed by atoms with E-state index in [4.69, 9.17) is 0 Å². The van der Waals surface area contributed by atoms with Gasteiger partial charge >= 0.3 is 0 Å². The highest BCUT2D eigenvalue weighted by Crippen LogP contribution is 2.13. The second-order valence-corrected chi connectivity index (χ2v) is 6.05. The molecule has 1 aromatic rings. The third kappa shape index (κ3) is 6.10. The summed E-state index contributed by atoms with van der Waals surface area (Å²) in [7, 11) is 0. The standard InChI is InChI=1S/C15H23F2N/c1-11(10-18-15(2,3)4)5-6-12-7-13(16)9-14(17)8-12/h7-9,11,18H,5-6,10H2,1-4H3. The lowest BCUT2D eigenvalue weighted by Crippen LogP contribution is -2.38. The van der Waals surface area contributed by atoms with E-state index in [-0.39, 0.29) is 5.54 Å². The van der Waals surface area contributed by atoms with Crippen LogP contribution in [0.4, 0.5) is 8.78 Å². The number of benzene rings is 1. The molecule has 102 valence electrons. The van der Waals surface area contributed by atoms with E-state index in [2.05, 4.69) is 33.0 Å². The molecule has 0 saturated heterocycles. The Balaban J connectivity index is 2.40. The van der Waals surface area contributed by atoms with Gasteiger partial charge in [-0.05, 0) is 63.8 Å². The minimum absolute atomic E-state index is 0.110. The van der Waals surface area contributed by atoms with Gasteiger partial charge in [0.15, 0.2) is 0 Å². The van der Waals surface area contributed by atoms with Crippen molar-refractivity contribution in [1.29, 1.82) is 0 Å². The highest BCUT2D eigenvalue weighted by Gasteiger charge is 2.11. The first-order valence-corrected chi connectivity index (χ1v) is 6.46. The van der Waals surface area contributed by atoms with Crippen molar-refractivity contribution in [2.24, 2.45) is 5.92 Å². The van der Waals surface area contributed by atoms with Gasteiger partial charge in [-0.1, -0.05) is 6.92 Å². The molecule has 0 bridgehead atoms. The lowest BCUT2D eigenvalue weighted by molar-refractivity contribution is 0.372. The SMILES string of the molecule is CC(CCc1cc(F)cc(F)c1)CNC(C)(C)C. The van der Waals surface area contributed by atoms with Crippen molar-refractivity contribution >= 4 is 0 Å². The Morgan fingerprint density at radius 1 is 1.11 bits per heavy atom. The largest absolute Gasteiger partial charge is 0.312 e. The summed E-state index contributed by atoms with van der Waals surface area (Å²) in [6, 6.07) is 3.73. The molecule has 0 aliphatic heterocycles. The number of hydrogen-bond donors (Lipinski definition) is 1. The zero-order valence-electron chi connectivity index (χ0n) is 11.7. The van der Waals surface area contributed by atoms with E-state index in [1.807, 2.05) is 0 Å². The maximum Gasteiger partial charge on any atom is 0.126 e. The van der Waals surface area contributed by atoms with Crippen LogP contribution in [0.25, 0.3) is 0 Å². The summed E-state index contributed by atoms with van der Waals surface area (Å²) in [4.78, 5) is 0. The summed E-state index contributed by atoms with van der Waals surface area (Å²) in [5, 5.41) is 3.43. The fourth-order valence-corrected chi connectivity index (χ4v) is 1.75. The summed E-state index contributed by atoms with van der Waals surface area (Å²) >= 11 is 0. The molecule has 0 aliphatic rings. The molecule has 1 unspecified atom stereocenters. The molecule has 0 aromatic heterocycles. The molecule has 0 aliphatic carbocycles. The van der Waals surface area contributed by atoms with Gasteiger partial charge in [0.2, 0.25) is 0 Å². The van der Waals surface area contributed by atoms with Gasteiger partial charge in [0.1, 0.15) is 11.6 Å². The third-order valence-electron chi connectivity index (χ3n) is 2.83. The van der Waals surface area contributed by atoms with Crippen molar-refractivity contribution in [2.75, 3.05) is 6.54 Å². The number of halogens is 2. The minimum Gasteiger partial charge on any atom is -0.312 e. The highest BCUT2D eigenvalue weighted by molar-refractivity contribution is 5.17. The third-order valence-corrected chi connectivity index (χ3v) is 2.83. The van der Waals surface area contributed by atoms with Gasteiger partial charge in [-0.25, -0.2) is 8.78 Å². The van der Waals surface area contributed by atoms with Gasteiger partial charge in [-0.3, -0.25) is 0 Å². The zero-order valence-corrected chi connectivity index (χ0v) is 11.7. The van der Waals surface area contributed by atoms with E-state index < -0.39 is 11.6 Å². The van der Waals surface area contributed by atoms with Crippen molar-refractivity contribution < 1.29 is 8.78 Å². The first-order chi connectivity index (χ1) is 8.26. The lowest BCUT2D eigenvalue weighted by Gasteiger charge is -2.23. The van der Waals surface area contributed by atoms with Crippen molar-refractivity contribution in [3.8, 4) is 0 Å². The Morgan fingerprint density at radius 2 is 1.67 bits per heavy atom. The topological polar surface area (TPSA) is 12.0 Å². The summed E-state index contributed by atoms with van der Waals surface area (Å²) in [6.45, 7) is 9.45. The Labute approximate surface area is 109 Å². The molecule has 3 heteroatoms. The predicted molar refractivity (Wildman–Crippen MR) is 71.6 cm³/mol. The summed E-state index contributed by atoms with van der Waals surface area (Å²) in [5.74, 6) is -0.508. The average molecular weight is 255 g/mol. The molecule has 18 heavy (non-hydrogen) atoms. The predicted octanol–water partition coefficient (Wildman–Crippen LogP) is 3.92. The van der Waals surface area contributed by atoms with Gasteiger partial charge < -0.3 is 5.32 Å². The molecule has 0 amide bonds. The zero-order chi connectivity index (χ0) is 13.8. The van der Waals surface area contributed by atoms with E-state index in [1.165, 1.54) is 12.1 Å². The van der Waals surface area contributed by atoms with E-state index >= 15 is 0 Å². The molecule has 1 aromatic carbocycles. The Morgan fingerprint density at radius 3 is 2.17 bits per heavy atom. The smallest absolute Gasteiger partial charge is 0.126 e. The highest BCUT2D eigenvalue weighted by atomic mass is 19.1. The van der Waals surface area contributed by atoms with E-state index in [1.54, 1.807) is 0 Å². The monoisotopic (exact) mass is 255 g/mol. The van der Waals surface area contributed by atoms with E-state index in [0.717, 1.165) is 24.6 Å². The van der Waals surface area contributed by atoms with Crippen LogP contribution >= 0.6 is 0 Å². The van der Waals surface area contributed by atoms with Crippen molar-refractivity contribution in [3.63, 3.8) is 0 Å². The second kappa shape index (κ2) is 6.28. The van der Waals surface area contributed by atoms with Crippen LogP contribution < -0.4 is 5.32 Å². The van der Waals surface area contributed by atoms with Crippen molar-refractivity contribution in [3.05, 3.63) is 35.4 Å². The quantitative estimate of drug-likeness (QED) is 0.841. The summed E-state index contributed by atoms with van der Waals surface area (Å²) in [5.41, 5.74) is 0.842. The summed E-state index contributed by atoms with van der Waals surface area (Å²) in [6.07, 6.45) is 1.63. The van der Waals surface area contributed by atoms with Crippen molar-refractivity contribution in [1.82, 2.24) is 5.32 Å². The van der Waals surface area contributed by atoms with Gasteiger partial charge in [-0.2, -0.15) is 0 Å². The number of aryl methyl sites for hydroxylation is 1. The fraction of sp³-hybridized carbons (Fsp3) is 0.600.